The summed E-state index contributed by atoms with van der Waals surface area (Å²) < 4.78 is 0. The lowest BCUT2D eigenvalue weighted by Gasteiger charge is -2.44. The molecule has 0 aliphatic carbocycles. The lowest BCUT2D eigenvalue weighted by atomic mass is 9.82. The average Bonchev–Trinajstić information content (AvgIpc) is 2.78. The molecule has 4 nitrogen and oxygen atoms in total. The van der Waals surface area contributed by atoms with Crippen molar-refractivity contribution in [1.82, 2.24) is 5.32 Å². The van der Waals surface area contributed by atoms with Crippen molar-refractivity contribution >= 4 is 17.5 Å². The summed E-state index contributed by atoms with van der Waals surface area (Å²) >= 11 is 0. The molecule has 2 amide bonds. The number of carbonyl (C=O) groups excluding carboxylic acids is 2. The largest absolute Gasteiger partial charge is 0.350 e. The Morgan fingerprint density at radius 2 is 1.71 bits per heavy atom. The minimum atomic E-state index is -1.03. The van der Waals surface area contributed by atoms with Crippen LogP contribution in [0.4, 0.5) is 5.69 Å². The molecule has 3 aromatic rings. The van der Waals surface area contributed by atoms with E-state index in [0.717, 1.165) is 22.4 Å². The summed E-state index contributed by atoms with van der Waals surface area (Å²) in [6, 6.07) is 25.4. The third-order valence-corrected chi connectivity index (χ3v) is 6.06. The van der Waals surface area contributed by atoms with Gasteiger partial charge in [0.05, 0.1) is 0 Å². The highest BCUT2D eigenvalue weighted by Crippen LogP contribution is 2.36. The van der Waals surface area contributed by atoms with Crippen LogP contribution in [0.15, 0.2) is 78.9 Å². The maximum Gasteiger partial charge on any atom is 0.259 e. The first-order valence-corrected chi connectivity index (χ1v) is 10.7. The zero-order chi connectivity index (χ0) is 22.0. The Morgan fingerprint density at radius 1 is 1.00 bits per heavy atom. The Hall–Kier alpha value is -3.40. The van der Waals surface area contributed by atoms with Crippen molar-refractivity contribution in [3.8, 4) is 0 Å². The number of nitrogens with zero attached hydrogens (tertiary/aromatic N) is 1. The smallest absolute Gasteiger partial charge is 0.259 e. The van der Waals surface area contributed by atoms with Gasteiger partial charge in [0.1, 0.15) is 5.54 Å². The monoisotopic (exact) mass is 412 g/mol. The van der Waals surface area contributed by atoms with Gasteiger partial charge in [0.25, 0.3) is 5.91 Å². The summed E-state index contributed by atoms with van der Waals surface area (Å²) in [5.74, 6) is 0.0274. The molecule has 4 heteroatoms. The van der Waals surface area contributed by atoms with Crippen LogP contribution < -0.4 is 10.2 Å². The van der Waals surface area contributed by atoms with E-state index < -0.39 is 5.54 Å². The second-order valence-electron chi connectivity index (χ2n) is 8.67. The highest BCUT2D eigenvalue weighted by Gasteiger charge is 2.47. The summed E-state index contributed by atoms with van der Waals surface area (Å²) in [5.41, 5.74) is 3.44. The minimum Gasteiger partial charge on any atom is -0.350 e. The van der Waals surface area contributed by atoms with E-state index in [-0.39, 0.29) is 11.8 Å². The molecule has 0 unspecified atom stereocenters. The molecule has 0 aromatic heterocycles. The van der Waals surface area contributed by atoms with Crippen LogP contribution >= 0.6 is 0 Å². The predicted octanol–water partition coefficient (Wildman–Crippen LogP) is 5.09. The second-order valence-corrected chi connectivity index (χ2v) is 8.67. The summed E-state index contributed by atoms with van der Waals surface area (Å²) in [7, 11) is 0. The van der Waals surface area contributed by atoms with Crippen LogP contribution in [-0.2, 0) is 17.8 Å². The SMILES string of the molecule is CC(C)c1cccc(N2C(=O)c3ccccc3C[C@]2(C)C(=O)NCc2ccccc2)c1. The summed E-state index contributed by atoms with van der Waals surface area (Å²) in [6.45, 7) is 6.53. The maximum atomic E-state index is 13.6. The van der Waals surface area contributed by atoms with E-state index >= 15 is 0 Å². The number of benzene rings is 3. The highest BCUT2D eigenvalue weighted by molar-refractivity contribution is 6.14. The molecule has 0 saturated heterocycles. The Morgan fingerprint density at radius 3 is 2.45 bits per heavy atom. The molecule has 1 aliphatic heterocycles. The summed E-state index contributed by atoms with van der Waals surface area (Å²) in [6.07, 6.45) is 0.460. The molecule has 1 N–H and O–H groups in total. The first kappa shape index (κ1) is 20.9. The number of carbonyl (C=O) groups is 2. The van der Waals surface area contributed by atoms with Gasteiger partial charge in [0, 0.05) is 24.2 Å². The molecule has 31 heavy (non-hydrogen) atoms. The fourth-order valence-electron chi connectivity index (χ4n) is 4.25. The van der Waals surface area contributed by atoms with Crippen molar-refractivity contribution < 1.29 is 9.59 Å². The zero-order valence-electron chi connectivity index (χ0n) is 18.3. The number of nitrogens with one attached hydrogen (secondary N) is 1. The standard InChI is InChI=1S/C27H28N2O2/c1-19(2)21-13-9-14-23(16-21)29-25(30)24-15-8-7-12-22(24)17-27(29,3)26(31)28-18-20-10-5-4-6-11-20/h4-16,19H,17-18H2,1-3H3,(H,28,31)/t27-/m1/s1. The van der Waals surface area contributed by atoms with E-state index in [9.17, 15) is 9.59 Å². The number of fused-ring (bicyclic) bond motifs is 1. The Kier molecular flexibility index (Phi) is 5.64. The van der Waals surface area contributed by atoms with Gasteiger partial charge in [0.15, 0.2) is 0 Å². The number of anilines is 1. The molecule has 0 radical (unpaired) electrons. The molecule has 1 atom stereocenters. The predicted molar refractivity (Wildman–Crippen MR) is 124 cm³/mol. The van der Waals surface area contributed by atoms with Gasteiger partial charge in [-0.15, -0.1) is 0 Å². The number of hydrogen-bond donors (Lipinski definition) is 1. The third kappa shape index (κ3) is 3.98. The van der Waals surface area contributed by atoms with E-state index in [1.807, 2.05) is 79.7 Å². The Bertz CT molecular complexity index is 1110. The lowest BCUT2D eigenvalue weighted by Crippen LogP contribution is -2.63. The molecular weight excluding hydrogens is 384 g/mol. The second kappa shape index (κ2) is 8.38. The molecule has 0 spiro atoms. The Balaban J connectivity index is 1.74. The van der Waals surface area contributed by atoms with Gasteiger partial charge in [-0.2, -0.15) is 0 Å². The van der Waals surface area contributed by atoms with Gasteiger partial charge < -0.3 is 5.32 Å². The minimum absolute atomic E-state index is 0.139. The van der Waals surface area contributed by atoms with E-state index in [1.165, 1.54) is 0 Å². The van der Waals surface area contributed by atoms with Crippen LogP contribution in [0.2, 0.25) is 0 Å². The van der Waals surface area contributed by atoms with Crippen LogP contribution in [0, 0.1) is 0 Å². The van der Waals surface area contributed by atoms with Crippen molar-refractivity contribution in [1.29, 1.82) is 0 Å². The van der Waals surface area contributed by atoms with Gasteiger partial charge in [-0.1, -0.05) is 74.5 Å². The number of rotatable bonds is 5. The molecule has 0 bridgehead atoms. The van der Waals surface area contributed by atoms with E-state index in [0.29, 0.717) is 24.4 Å². The van der Waals surface area contributed by atoms with Crippen molar-refractivity contribution in [2.45, 2.75) is 45.2 Å². The van der Waals surface area contributed by atoms with Crippen molar-refractivity contribution in [3.05, 3.63) is 101 Å². The van der Waals surface area contributed by atoms with Crippen LogP contribution in [-0.4, -0.2) is 17.4 Å². The number of hydrogen-bond acceptors (Lipinski definition) is 2. The molecular formula is C27H28N2O2. The normalized spacial score (nSPS) is 18.1. The fraction of sp³-hybridized carbons (Fsp3) is 0.259. The Labute approximate surface area is 183 Å². The highest BCUT2D eigenvalue weighted by atomic mass is 16.2. The van der Waals surface area contributed by atoms with Crippen LogP contribution in [0.3, 0.4) is 0 Å². The maximum absolute atomic E-state index is 13.6. The average molecular weight is 413 g/mol. The molecule has 0 fully saturated rings. The van der Waals surface area contributed by atoms with E-state index in [2.05, 4.69) is 25.2 Å². The molecule has 3 aromatic carbocycles. The van der Waals surface area contributed by atoms with Crippen LogP contribution in [0.1, 0.15) is 53.7 Å². The molecule has 4 rings (SSSR count). The first-order chi connectivity index (χ1) is 14.9. The molecule has 1 aliphatic rings. The van der Waals surface area contributed by atoms with Crippen LogP contribution in [0.25, 0.3) is 0 Å². The fourth-order valence-corrected chi connectivity index (χ4v) is 4.25. The van der Waals surface area contributed by atoms with Gasteiger partial charge >= 0.3 is 0 Å². The topological polar surface area (TPSA) is 49.4 Å². The number of amides is 2. The first-order valence-electron chi connectivity index (χ1n) is 10.7. The molecule has 158 valence electrons. The van der Waals surface area contributed by atoms with Crippen molar-refractivity contribution in [2.24, 2.45) is 0 Å². The third-order valence-electron chi connectivity index (χ3n) is 6.06. The van der Waals surface area contributed by atoms with E-state index in [1.54, 1.807) is 4.90 Å². The zero-order valence-corrected chi connectivity index (χ0v) is 18.3. The van der Waals surface area contributed by atoms with E-state index in [4.69, 9.17) is 0 Å². The van der Waals surface area contributed by atoms with Crippen LogP contribution in [0.5, 0.6) is 0 Å². The summed E-state index contributed by atoms with van der Waals surface area (Å²) in [5, 5.41) is 3.06. The quantitative estimate of drug-likeness (QED) is 0.635. The lowest BCUT2D eigenvalue weighted by molar-refractivity contribution is -0.126. The van der Waals surface area contributed by atoms with Crippen molar-refractivity contribution in [3.63, 3.8) is 0 Å². The van der Waals surface area contributed by atoms with Gasteiger partial charge in [-0.05, 0) is 47.7 Å². The molecule has 1 heterocycles. The van der Waals surface area contributed by atoms with Crippen molar-refractivity contribution in [2.75, 3.05) is 4.90 Å². The summed E-state index contributed by atoms with van der Waals surface area (Å²) in [4.78, 5) is 28.9. The van der Waals surface area contributed by atoms with Gasteiger partial charge in [0.2, 0.25) is 5.91 Å². The molecule has 0 saturated carbocycles. The van der Waals surface area contributed by atoms with Gasteiger partial charge in [-0.25, -0.2) is 0 Å². The van der Waals surface area contributed by atoms with Gasteiger partial charge in [-0.3, -0.25) is 14.5 Å².